The lowest BCUT2D eigenvalue weighted by Gasteiger charge is -2.35. The molecule has 3 rings (SSSR count). The van der Waals surface area contributed by atoms with Crippen molar-refractivity contribution in [1.29, 1.82) is 0 Å². The molecule has 3 nitrogen and oxygen atoms in total. The van der Waals surface area contributed by atoms with E-state index in [2.05, 4.69) is 17.9 Å². The summed E-state index contributed by atoms with van der Waals surface area (Å²) in [6.07, 6.45) is 3.72. The van der Waals surface area contributed by atoms with Gasteiger partial charge in [-0.15, -0.1) is 0 Å². The number of piperidine rings is 1. The Morgan fingerprint density at radius 2 is 1.76 bits per heavy atom. The molecule has 1 fully saturated rings. The summed E-state index contributed by atoms with van der Waals surface area (Å²) in [6.45, 7) is 5.82. The van der Waals surface area contributed by atoms with E-state index in [1.807, 2.05) is 47.4 Å². The smallest absolute Gasteiger partial charge is 0.224 e. The van der Waals surface area contributed by atoms with Crippen molar-refractivity contribution in [3.8, 4) is 0 Å². The number of rotatable bonds is 4. The van der Waals surface area contributed by atoms with Crippen LogP contribution < -0.4 is 9.80 Å². The van der Waals surface area contributed by atoms with Crippen LogP contribution in [0.1, 0.15) is 44.7 Å². The summed E-state index contributed by atoms with van der Waals surface area (Å²) < 4.78 is 0. The Hall–Kier alpha value is -2.00. The van der Waals surface area contributed by atoms with E-state index in [9.17, 15) is 4.79 Å². The number of hydrogen-bond acceptors (Lipinski definition) is 2. The Balaban J connectivity index is 2.01. The summed E-state index contributed by atoms with van der Waals surface area (Å²) in [6, 6.07) is 15.8. The highest BCUT2D eigenvalue weighted by Gasteiger charge is 2.25. The zero-order chi connectivity index (χ0) is 17.8. The van der Waals surface area contributed by atoms with Gasteiger partial charge in [0.25, 0.3) is 0 Å². The van der Waals surface area contributed by atoms with Crippen molar-refractivity contribution in [2.24, 2.45) is 0 Å². The van der Waals surface area contributed by atoms with Crippen LogP contribution in [-0.2, 0) is 4.79 Å². The van der Waals surface area contributed by atoms with Crippen LogP contribution in [0.25, 0.3) is 0 Å². The highest BCUT2D eigenvalue weighted by molar-refractivity contribution is 6.30. The largest absolute Gasteiger partial charge is 0.371 e. The zero-order valence-electron chi connectivity index (χ0n) is 14.9. The van der Waals surface area contributed by atoms with Crippen molar-refractivity contribution >= 4 is 28.9 Å². The SMILES string of the molecule is CC(=O)N(c1ccccc1)C(C)c1cc(Cl)ccc1N1CCCCC1. The van der Waals surface area contributed by atoms with E-state index in [4.69, 9.17) is 11.6 Å². The number of halogens is 1. The van der Waals surface area contributed by atoms with Gasteiger partial charge in [0.05, 0.1) is 6.04 Å². The van der Waals surface area contributed by atoms with Gasteiger partial charge in [0.15, 0.2) is 0 Å². The van der Waals surface area contributed by atoms with Crippen LogP contribution in [0.5, 0.6) is 0 Å². The Bertz CT molecular complexity index is 726. The summed E-state index contributed by atoms with van der Waals surface area (Å²) >= 11 is 6.31. The van der Waals surface area contributed by atoms with Gasteiger partial charge < -0.3 is 9.80 Å². The fraction of sp³-hybridized carbons (Fsp3) is 0.381. The molecule has 4 heteroatoms. The van der Waals surface area contributed by atoms with Crippen LogP contribution in [0, 0.1) is 0 Å². The van der Waals surface area contributed by atoms with Crippen molar-refractivity contribution in [3.05, 3.63) is 59.1 Å². The predicted octanol–water partition coefficient (Wildman–Crippen LogP) is 5.44. The third-order valence-corrected chi connectivity index (χ3v) is 5.13. The summed E-state index contributed by atoms with van der Waals surface area (Å²) in [7, 11) is 0. The van der Waals surface area contributed by atoms with Crippen molar-refractivity contribution in [1.82, 2.24) is 0 Å². The fourth-order valence-electron chi connectivity index (χ4n) is 3.69. The van der Waals surface area contributed by atoms with E-state index in [-0.39, 0.29) is 11.9 Å². The van der Waals surface area contributed by atoms with Crippen LogP contribution in [-0.4, -0.2) is 19.0 Å². The Morgan fingerprint density at radius 1 is 1.08 bits per heavy atom. The van der Waals surface area contributed by atoms with E-state index in [0.717, 1.165) is 24.3 Å². The summed E-state index contributed by atoms with van der Waals surface area (Å²) in [4.78, 5) is 16.7. The lowest BCUT2D eigenvalue weighted by atomic mass is 10.0. The Morgan fingerprint density at radius 3 is 2.40 bits per heavy atom. The van der Waals surface area contributed by atoms with E-state index in [1.165, 1.54) is 24.9 Å². The molecule has 0 bridgehead atoms. The molecule has 1 aliphatic rings. The molecule has 1 atom stereocenters. The van der Waals surface area contributed by atoms with Crippen LogP contribution in [0.3, 0.4) is 0 Å². The van der Waals surface area contributed by atoms with Gasteiger partial charge in [-0.3, -0.25) is 4.79 Å². The molecule has 1 unspecified atom stereocenters. The average molecular weight is 357 g/mol. The van der Waals surface area contributed by atoms with E-state index < -0.39 is 0 Å². The molecule has 2 aromatic carbocycles. The number of benzene rings is 2. The van der Waals surface area contributed by atoms with E-state index in [1.54, 1.807) is 6.92 Å². The second kappa shape index (κ2) is 7.92. The van der Waals surface area contributed by atoms with E-state index in [0.29, 0.717) is 5.02 Å². The zero-order valence-corrected chi connectivity index (χ0v) is 15.7. The van der Waals surface area contributed by atoms with Gasteiger partial charge in [-0.25, -0.2) is 0 Å². The molecule has 2 aromatic rings. The van der Waals surface area contributed by atoms with Gasteiger partial charge in [0.2, 0.25) is 5.91 Å². The maximum Gasteiger partial charge on any atom is 0.224 e. The molecule has 132 valence electrons. The van der Waals surface area contributed by atoms with Crippen molar-refractivity contribution in [3.63, 3.8) is 0 Å². The molecule has 1 heterocycles. The molecule has 1 aliphatic heterocycles. The van der Waals surface area contributed by atoms with Gasteiger partial charge in [0, 0.05) is 36.4 Å². The first-order valence-corrected chi connectivity index (χ1v) is 9.35. The number of anilines is 2. The van der Waals surface area contributed by atoms with E-state index >= 15 is 0 Å². The first-order valence-electron chi connectivity index (χ1n) is 8.97. The molecule has 0 aromatic heterocycles. The molecule has 25 heavy (non-hydrogen) atoms. The normalized spacial score (nSPS) is 15.7. The lowest BCUT2D eigenvalue weighted by molar-refractivity contribution is -0.117. The molecular formula is C21H25ClN2O. The second-order valence-corrected chi connectivity index (χ2v) is 7.09. The number of nitrogens with zero attached hydrogens (tertiary/aromatic N) is 2. The molecule has 0 radical (unpaired) electrons. The Labute approximate surface area is 155 Å². The highest BCUT2D eigenvalue weighted by atomic mass is 35.5. The molecule has 0 N–H and O–H groups in total. The number of para-hydroxylation sites is 1. The third kappa shape index (κ3) is 3.98. The maximum atomic E-state index is 12.4. The topological polar surface area (TPSA) is 23.6 Å². The van der Waals surface area contributed by atoms with Gasteiger partial charge in [-0.1, -0.05) is 29.8 Å². The monoisotopic (exact) mass is 356 g/mol. The van der Waals surface area contributed by atoms with Crippen molar-refractivity contribution < 1.29 is 4.79 Å². The standard InChI is InChI=1S/C21H25ClN2O/c1-16(24(17(2)25)19-9-5-3-6-10-19)20-15-18(22)11-12-21(20)23-13-7-4-8-14-23/h3,5-6,9-12,15-16H,4,7-8,13-14H2,1-2H3. The number of carbonyl (C=O) groups is 1. The fourth-order valence-corrected chi connectivity index (χ4v) is 3.87. The molecule has 1 saturated heterocycles. The van der Waals surface area contributed by atoms with Crippen molar-refractivity contribution in [2.45, 2.75) is 39.2 Å². The molecule has 1 amide bonds. The van der Waals surface area contributed by atoms with Gasteiger partial charge in [-0.2, -0.15) is 0 Å². The highest BCUT2D eigenvalue weighted by Crippen LogP contribution is 2.36. The third-order valence-electron chi connectivity index (χ3n) is 4.90. The van der Waals surface area contributed by atoms with Crippen LogP contribution >= 0.6 is 11.6 Å². The van der Waals surface area contributed by atoms with Gasteiger partial charge in [0.1, 0.15) is 0 Å². The number of amides is 1. The average Bonchev–Trinajstić information content (AvgIpc) is 2.63. The minimum absolute atomic E-state index is 0.0308. The first kappa shape index (κ1) is 17.8. The molecule has 0 saturated carbocycles. The minimum Gasteiger partial charge on any atom is -0.371 e. The van der Waals surface area contributed by atoms with Gasteiger partial charge in [-0.05, 0) is 62.1 Å². The van der Waals surface area contributed by atoms with Crippen molar-refractivity contribution in [2.75, 3.05) is 22.9 Å². The van der Waals surface area contributed by atoms with Crippen LogP contribution in [0.2, 0.25) is 5.02 Å². The number of hydrogen-bond donors (Lipinski definition) is 0. The second-order valence-electron chi connectivity index (χ2n) is 6.65. The summed E-state index contributed by atoms with van der Waals surface area (Å²) in [5.74, 6) is 0.0308. The van der Waals surface area contributed by atoms with Crippen LogP contribution in [0.15, 0.2) is 48.5 Å². The maximum absolute atomic E-state index is 12.4. The first-order chi connectivity index (χ1) is 12.1. The summed E-state index contributed by atoms with van der Waals surface area (Å²) in [5, 5.41) is 0.708. The molecular weight excluding hydrogens is 332 g/mol. The quantitative estimate of drug-likeness (QED) is 0.727. The molecule has 0 spiro atoms. The minimum atomic E-state index is -0.0875. The lowest BCUT2D eigenvalue weighted by Crippen LogP contribution is -2.34. The Kier molecular flexibility index (Phi) is 5.64. The number of carbonyl (C=O) groups excluding carboxylic acids is 1. The predicted molar refractivity (Wildman–Crippen MR) is 106 cm³/mol. The van der Waals surface area contributed by atoms with Crippen LogP contribution in [0.4, 0.5) is 11.4 Å². The summed E-state index contributed by atoms with van der Waals surface area (Å²) in [5.41, 5.74) is 3.21. The molecule has 0 aliphatic carbocycles. The van der Waals surface area contributed by atoms with Gasteiger partial charge >= 0.3 is 0 Å².